The van der Waals surface area contributed by atoms with Crippen LogP contribution in [-0.4, -0.2) is 23.3 Å². The zero-order chi connectivity index (χ0) is 16.8. The van der Waals surface area contributed by atoms with Gasteiger partial charge in [-0.3, -0.25) is 9.59 Å². The van der Waals surface area contributed by atoms with Crippen LogP contribution < -0.4 is 11.1 Å². The molecule has 0 saturated carbocycles. The van der Waals surface area contributed by atoms with Crippen molar-refractivity contribution in [2.24, 2.45) is 11.7 Å². The highest BCUT2D eigenvalue weighted by atomic mass is 19.1. The number of hydrogen-bond donors (Lipinski definition) is 2. The lowest BCUT2D eigenvalue weighted by Crippen LogP contribution is -2.37. The normalized spacial score (nSPS) is 11.7. The lowest BCUT2D eigenvalue weighted by molar-refractivity contribution is -0.121. The number of nitrogens with two attached hydrogens (primary N) is 1. The first kappa shape index (κ1) is 16.6. The van der Waals surface area contributed by atoms with Gasteiger partial charge in [-0.25, -0.2) is 9.37 Å². The molecular formula is C17H18FN3O2. The predicted octanol–water partition coefficient (Wildman–Crippen LogP) is 1.60. The Morgan fingerprint density at radius 2 is 1.91 bits per heavy atom. The Morgan fingerprint density at radius 3 is 2.52 bits per heavy atom. The van der Waals surface area contributed by atoms with Gasteiger partial charge in [-0.15, -0.1) is 0 Å². The van der Waals surface area contributed by atoms with E-state index in [1.165, 1.54) is 12.1 Å². The van der Waals surface area contributed by atoms with Crippen molar-refractivity contribution in [3.8, 4) is 0 Å². The number of aryl methyl sites for hydroxylation is 1. The average Bonchev–Trinajstić information content (AvgIpc) is 2.52. The summed E-state index contributed by atoms with van der Waals surface area (Å²) in [6.07, 6.45) is 0.330. The monoisotopic (exact) mass is 315 g/mol. The molecule has 2 rings (SSSR count). The van der Waals surface area contributed by atoms with Crippen molar-refractivity contribution >= 4 is 11.8 Å². The summed E-state index contributed by atoms with van der Waals surface area (Å²) in [6, 6.07) is 11.0. The topological polar surface area (TPSA) is 85.1 Å². The summed E-state index contributed by atoms with van der Waals surface area (Å²) in [4.78, 5) is 27.7. The Hall–Kier alpha value is -2.76. The molecule has 0 saturated heterocycles. The van der Waals surface area contributed by atoms with Crippen LogP contribution in [0.5, 0.6) is 0 Å². The fraction of sp³-hybridized carbons (Fsp3) is 0.235. The van der Waals surface area contributed by atoms with Crippen molar-refractivity contribution < 1.29 is 14.0 Å². The van der Waals surface area contributed by atoms with Crippen LogP contribution in [-0.2, 0) is 11.2 Å². The van der Waals surface area contributed by atoms with Gasteiger partial charge in [-0.1, -0.05) is 18.2 Å². The van der Waals surface area contributed by atoms with E-state index in [-0.39, 0.29) is 24.0 Å². The number of aromatic nitrogens is 1. The van der Waals surface area contributed by atoms with E-state index in [4.69, 9.17) is 5.73 Å². The summed E-state index contributed by atoms with van der Waals surface area (Å²) >= 11 is 0. The van der Waals surface area contributed by atoms with Crippen LogP contribution in [0.4, 0.5) is 4.39 Å². The fourth-order valence-corrected chi connectivity index (χ4v) is 2.15. The van der Waals surface area contributed by atoms with Gasteiger partial charge in [0.2, 0.25) is 5.91 Å². The lowest BCUT2D eigenvalue weighted by atomic mass is 9.98. The second-order valence-corrected chi connectivity index (χ2v) is 5.30. The molecule has 0 bridgehead atoms. The van der Waals surface area contributed by atoms with Gasteiger partial charge >= 0.3 is 0 Å². The molecule has 6 heteroatoms. The van der Waals surface area contributed by atoms with E-state index in [1.807, 2.05) is 0 Å². The van der Waals surface area contributed by atoms with E-state index in [0.717, 1.165) is 11.3 Å². The average molecular weight is 315 g/mol. The molecule has 1 heterocycles. The van der Waals surface area contributed by atoms with Gasteiger partial charge < -0.3 is 11.1 Å². The molecule has 23 heavy (non-hydrogen) atoms. The minimum atomic E-state index is -0.575. The number of nitrogens with zero attached hydrogens (tertiary/aromatic N) is 1. The summed E-state index contributed by atoms with van der Waals surface area (Å²) in [5, 5.41) is 2.66. The number of hydrogen-bond acceptors (Lipinski definition) is 3. The third-order valence-corrected chi connectivity index (χ3v) is 3.43. The third-order valence-electron chi connectivity index (χ3n) is 3.43. The summed E-state index contributed by atoms with van der Waals surface area (Å²) in [6.45, 7) is 1.89. The maximum Gasteiger partial charge on any atom is 0.269 e. The van der Waals surface area contributed by atoms with E-state index in [0.29, 0.717) is 6.42 Å². The highest BCUT2D eigenvalue weighted by Crippen LogP contribution is 2.10. The van der Waals surface area contributed by atoms with Gasteiger partial charge in [-0.05, 0) is 43.2 Å². The molecule has 5 nitrogen and oxygen atoms in total. The molecular weight excluding hydrogens is 297 g/mol. The standard InChI is InChI=1S/C17H18FN3O2/c1-11-3-2-4-15(21-11)17(23)20-10-13(16(19)22)9-12-5-7-14(18)8-6-12/h2-8,13H,9-10H2,1H3,(H2,19,22)(H,20,23)/t13-/m0/s1. The van der Waals surface area contributed by atoms with Gasteiger partial charge in [0, 0.05) is 12.2 Å². The molecule has 0 spiro atoms. The molecule has 2 aromatic rings. The van der Waals surface area contributed by atoms with Crippen LogP contribution in [0, 0.1) is 18.7 Å². The Morgan fingerprint density at radius 1 is 1.22 bits per heavy atom. The molecule has 2 amide bonds. The van der Waals surface area contributed by atoms with Crippen molar-refractivity contribution in [3.05, 3.63) is 65.2 Å². The van der Waals surface area contributed by atoms with E-state index in [2.05, 4.69) is 10.3 Å². The first-order valence-electron chi connectivity index (χ1n) is 7.21. The number of rotatable bonds is 6. The van der Waals surface area contributed by atoms with Crippen molar-refractivity contribution in [3.63, 3.8) is 0 Å². The van der Waals surface area contributed by atoms with E-state index >= 15 is 0 Å². The molecule has 0 aliphatic rings. The van der Waals surface area contributed by atoms with Crippen molar-refractivity contribution in [2.45, 2.75) is 13.3 Å². The Labute approximate surface area is 133 Å². The number of benzene rings is 1. The lowest BCUT2D eigenvalue weighted by Gasteiger charge is -2.14. The molecule has 1 aromatic carbocycles. The molecule has 0 fully saturated rings. The third kappa shape index (κ3) is 4.88. The van der Waals surface area contributed by atoms with E-state index in [9.17, 15) is 14.0 Å². The maximum absolute atomic E-state index is 12.9. The number of carbonyl (C=O) groups excluding carboxylic acids is 2. The molecule has 0 aliphatic carbocycles. The minimum Gasteiger partial charge on any atom is -0.369 e. The Kier molecular flexibility index (Phi) is 5.41. The van der Waals surface area contributed by atoms with Crippen LogP contribution in [0.25, 0.3) is 0 Å². The predicted molar refractivity (Wildman–Crippen MR) is 84.1 cm³/mol. The maximum atomic E-state index is 12.9. The molecule has 120 valence electrons. The largest absolute Gasteiger partial charge is 0.369 e. The molecule has 1 atom stereocenters. The highest BCUT2D eigenvalue weighted by Gasteiger charge is 2.18. The van der Waals surface area contributed by atoms with Gasteiger partial charge in [-0.2, -0.15) is 0 Å². The number of nitrogens with one attached hydrogen (secondary N) is 1. The molecule has 0 unspecified atom stereocenters. The summed E-state index contributed by atoms with van der Waals surface area (Å²) < 4.78 is 12.9. The number of carbonyl (C=O) groups is 2. The second kappa shape index (κ2) is 7.49. The van der Waals surface area contributed by atoms with Crippen LogP contribution in [0.15, 0.2) is 42.5 Å². The number of halogens is 1. The first-order valence-corrected chi connectivity index (χ1v) is 7.21. The SMILES string of the molecule is Cc1cccc(C(=O)NC[C@H](Cc2ccc(F)cc2)C(N)=O)n1. The summed E-state index contributed by atoms with van der Waals surface area (Å²) in [5.74, 6) is -1.80. The van der Waals surface area contributed by atoms with Gasteiger partial charge in [0.15, 0.2) is 0 Å². The molecule has 0 radical (unpaired) electrons. The number of amides is 2. The molecule has 0 aliphatic heterocycles. The van der Waals surface area contributed by atoms with Gasteiger partial charge in [0.1, 0.15) is 11.5 Å². The zero-order valence-corrected chi connectivity index (χ0v) is 12.8. The molecule has 1 aromatic heterocycles. The van der Waals surface area contributed by atoms with Crippen molar-refractivity contribution in [1.82, 2.24) is 10.3 Å². The number of pyridine rings is 1. The Balaban J connectivity index is 1.98. The second-order valence-electron chi connectivity index (χ2n) is 5.30. The fourth-order valence-electron chi connectivity index (χ4n) is 2.15. The number of primary amides is 1. The smallest absolute Gasteiger partial charge is 0.269 e. The molecule has 3 N–H and O–H groups in total. The minimum absolute atomic E-state index is 0.0984. The van der Waals surface area contributed by atoms with Crippen LogP contribution in [0.2, 0.25) is 0 Å². The van der Waals surface area contributed by atoms with Crippen LogP contribution in [0.3, 0.4) is 0 Å². The van der Waals surface area contributed by atoms with E-state index < -0.39 is 11.8 Å². The first-order chi connectivity index (χ1) is 11.0. The van der Waals surface area contributed by atoms with Gasteiger partial charge in [0.05, 0.1) is 5.92 Å². The highest BCUT2D eigenvalue weighted by molar-refractivity contribution is 5.92. The summed E-state index contributed by atoms with van der Waals surface area (Å²) in [7, 11) is 0. The van der Waals surface area contributed by atoms with Crippen molar-refractivity contribution in [2.75, 3.05) is 6.54 Å². The van der Waals surface area contributed by atoms with Crippen molar-refractivity contribution in [1.29, 1.82) is 0 Å². The van der Waals surface area contributed by atoms with Crippen LogP contribution >= 0.6 is 0 Å². The summed E-state index contributed by atoms with van der Waals surface area (Å²) in [5.41, 5.74) is 7.18. The quantitative estimate of drug-likeness (QED) is 0.849. The van der Waals surface area contributed by atoms with Crippen LogP contribution in [0.1, 0.15) is 21.7 Å². The zero-order valence-electron chi connectivity index (χ0n) is 12.8. The Bertz CT molecular complexity index is 701. The van der Waals surface area contributed by atoms with Gasteiger partial charge in [0.25, 0.3) is 5.91 Å². The van der Waals surface area contributed by atoms with E-state index in [1.54, 1.807) is 37.3 Å².